The van der Waals surface area contributed by atoms with Crippen molar-refractivity contribution in [2.45, 2.75) is 0 Å². The van der Waals surface area contributed by atoms with Crippen molar-refractivity contribution in [3.05, 3.63) is 24.0 Å². The summed E-state index contributed by atoms with van der Waals surface area (Å²) in [7, 11) is 0. The highest BCUT2D eigenvalue weighted by molar-refractivity contribution is 6.28. The zero-order chi connectivity index (χ0) is 5.11. The molecule has 0 N–H and O–H groups in total. The van der Waals surface area contributed by atoms with Gasteiger partial charge in [-0.1, -0.05) is 0 Å². The van der Waals surface area contributed by atoms with Crippen LogP contribution in [0.2, 0.25) is 0 Å². The van der Waals surface area contributed by atoms with Crippen LogP contribution in [-0.2, 0) is 9.47 Å². The summed E-state index contributed by atoms with van der Waals surface area (Å²) in [5.41, 5.74) is 0. The Hall–Kier alpha value is -0.340. The first-order valence-electron chi connectivity index (χ1n) is 1.72. The summed E-state index contributed by atoms with van der Waals surface area (Å²) in [5, 5.41) is 0.252. The molecule has 0 bridgehead atoms. The molecule has 1 heterocycles. The van der Waals surface area contributed by atoms with Crippen molar-refractivity contribution in [2.75, 3.05) is 0 Å². The van der Waals surface area contributed by atoms with Crippen molar-refractivity contribution in [2.24, 2.45) is 0 Å². The van der Waals surface area contributed by atoms with Crippen molar-refractivity contribution >= 4 is 24.0 Å². The van der Waals surface area contributed by atoms with Gasteiger partial charge >= 0.3 is 0 Å². The molecule has 1 rings (SSSR count). The molecule has 0 saturated heterocycles. The molecule has 0 saturated carbocycles. The van der Waals surface area contributed by atoms with E-state index >= 15 is 0 Å². The maximum atomic E-state index is 5.28. The lowest BCUT2D eigenvalue weighted by Crippen LogP contribution is -1.82. The maximum absolute atomic E-state index is 5.28. The van der Waals surface area contributed by atoms with E-state index in [2.05, 4.69) is 9.47 Å². The molecule has 4 heteroatoms. The molecule has 8 heavy (non-hydrogen) atoms. The first-order chi connectivity index (χ1) is 3.39. The molecule has 2 nitrogen and oxygen atoms in total. The molecule has 0 unspecified atom stereocenters. The summed E-state index contributed by atoms with van der Waals surface area (Å²) < 4.78 is 9.18. The van der Waals surface area contributed by atoms with Gasteiger partial charge in [0.15, 0.2) is 0 Å². The molecular formula is C4H4Cl2O2. The SMILES string of the molecule is Cl.ClC1=COC=CO1. The predicted octanol–water partition coefficient (Wildman–Crippen LogP) is 1.96. The van der Waals surface area contributed by atoms with Crippen LogP contribution in [-0.4, -0.2) is 0 Å². The molecule has 0 aromatic carbocycles. The highest BCUT2D eigenvalue weighted by Gasteiger charge is 1.91. The third-order valence-corrected chi connectivity index (χ3v) is 0.654. The van der Waals surface area contributed by atoms with E-state index in [4.69, 9.17) is 11.6 Å². The van der Waals surface area contributed by atoms with Gasteiger partial charge in [0.2, 0.25) is 5.22 Å². The van der Waals surface area contributed by atoms with Crippen LogP contribution >= 0.6 is 24.0 Å². The molecule has 0 aromatic rings. The lowest BCUT2D eigenvalue weighted by atomic mass is 10.9. The van der Waals surface area contributed by atoms with Crippen LogP contribution in [0.3, 0.4) is 0 Å². The third kappa shape index (κ3) is 2.09. The Morgan fingerprint density at radius 3 is 2.38 bits per heavy atom. The summed E-state index contributed by atoms with van der Waals surface area (Å²) in [6.07, 6.45) is 4.07. The van der Waals surface area contributed by atoms with Gasteiger partial charge in [-0.15, -0.1) is 12.4 Å². The topological polar surface area (TPSA) is 18.5 Å². The molecule has 0 fully saturated rings. The Morgan fingerprint density at radius 2 is 2.12 bits per heavy atom. The first-order valence-corrected chi connectivity index (χ1v) is 2.10. The lowest BCUT2D eigenvalue weighted by molar-refractivity contribution is 0.279. The molecule has 0 aromatic heterocycles. The average Bonchev–Trinajstić information content (AvgIpc) is 1.69. The van der Waals surface area contributed by atoms with Crippen molar-refractivity contribution in [1.29, 1.82) is 0 Å². The van der Waals surface area contributed by atoms with Crippen LogP contribution in [0.15, 0.2) is 24.0 Å². The van der Waals surface area contributed by atoms with Gasteiger partial charge in [-0.2, -0.15) is 0 Å². The van der Waals surface area contributed by atoms with E-state index in [1.165, 1.54) is 18.8 Å². The fourth-order valence-corrected chi connectivity index (χ4v) is 0.348. The first kappa shape index (κ1) is 7.66. The second-order valence-corrected chi connectivity index (χ2v) is 1.32. The Bertz CT molecular complexity index is 119. The Kier molecular flexibility index (Phi) is 3.48. The van der Waals surface area contributed by atoms with E-state index in [9.17, 15) is 0 Å². The van der Waals surface area contributed by atoms with Gasteiger partial charge < -0.3 is 9.47 Å². The van der Waals surface area contributed by atoms with Gasteiger partial charge in [0.1, 0.15) is 18.8 Å². The largest absolute Gasteiger partial charge is 0.465 e. The van der Waals surface area contributed by atoms with Crippen LogP contribution in [0.5, 0.6) is 0 Å². The van der Waals surface area contributed by atoms with Crippen molar-refractivity contribution < 1.29 is 9.47 Å². The standard InChI is InChI=1S/C4H3ClO2.ClH/c5-4-3-6-1-2-7-4;/h1-3H;1H. The Balaban J connectivity index is 0.000000490. The summed E-state index contributed by atoms with van der Waals surface area (Å²) in [6, 6.07) is 0. The van der Waals surface area contributed by atoms with Gasteiger partial charge in [-0.25, -0.2) is 0 Å². The zero-order valence-corrected chi connectivity index (χ0v) is 5.41. The molecule has 0 amide bonds. The minimum Gasteiger partial charge on any atom is -0.465 e. The average molecular weight is 155 g/mol. The quantitative estimate of drug-likeness (QED) is 0.532. The van der Waals surface area contributed by atoms with Crippen LogP contribution in [0.25, 0.3) is 0 Å². The molecular weight excluding hydrogens is 151 g/mol. The normalized spacial score (nSPS) is 14.9. The van der Waals surface area contributed by atoms with Crippen LogP contribution < -0.4 is 0 Å². The van der Waals surface area contributed by atoms with E-state index < -0.39 is 0 Å². The number of rotatable bonds is 0. The van der Waals surface area contributed by atoms with Crippen molar-refractivity contribution in [3.63, 3.8) is 0 Å². The lowest BCUT2D eigenvalue weighted by Gasteiger charge is -2.00. The molecule has 0 aliphatic carbocycles. The number of hydrogen-bond donors (Lipinski definition) is 0. The number of halogens is 2. The second-order valence-electron chi connectivity index (χ2n) is 0.948. The van der Waals surface area contributed by atoms with Crippen LogP contribution in [0, 0.1) is 0 Å². The van der Waals surface area contributed by atoms with Gasteiger partial charge in [0, 0.05) is 0 Å². The monoisotopic (exact) mass is 154 g/mol. The van der Waals surface area contributed by atoms with Gasteiger partial charge in [-0.3, -0.25) is 0 Å². The summed E-state index contributed by atoms with van der Waals surface area (Å²) >= 11 is 5.28. The highest BCUT2D eigenvalue weighted by atomic mass is 35.5. The summed E-state index contributed by atoms with van der Waals surface area (Å²) in [4.78, 5) is 0. The third-order valence-electron chi connectivity index (χ3n) is 0.475. The van der Waals surface area contributed by atoms with Crippen molar-refractivity contribution in [3.8, 4) is 0 Å². The van der Waals surface area contributed by atoms with E-state index in [0.717, 1.165) is 0 Å². The minimum atomic E-state index is 0. The maximum Gasteiger partial charge on any atom is 0.228 e. The van der Waals surface area contributed by atoms with Gasteiger partial charge in [0.05, 0.1) is 0 Å². The highest BCUT2D eigenvalue weighted by Crippen LogP contribution is 2.07. The smallest absolute Gasteiger partial charge is 0.228 e. The molecule has 0 atom stereocenters. The molecule has 0 radical (unpaired) electrons. The fourth-order valence-electron chi connectivity index (χ4n) is 0.245. The fraction of sp³-hybridized carbons (Fsp3) is 0. The minimum absolute atomic E-state index is 0. The Morgan fingerprint density at radius 1 is 1.38 bits per heavy atom. The van der Waals surface area contributed by atoms with Gasteiger partial charge in [-0.05, 0) is 11.6 Å². The predicted molar refractivity (Wildman–Crippen MR) is 32.5 cm³/mol. The molecule has 1 aliphatic rings. The van der Waals surface area contributed by atoms with Crippen LogP contribution in [0.1, 0.15) is 0 Å². The molecule has 46 valence electrons. The van der Waals surface area contributed by atoms with E-state index in [1.807, 2.05) is 0 Å². The van der Waals surface area contributed by atoms with E-state index in [-0.39, 0.29) is 17.6 Å². The zero-order valence-electron chi connectivity index (χ0n) is 3.83. The number of ether oxygens (including phenoxy) is 2. The molecule has 0 spiro atoms. The second kappa shape index (κ2) is 3.64. The van der Waals surface area contributed by atoms with E-state index in [0.29, 0.717) is 0 Å². The summed E-state index contributed by atoms with van der Waals surface area (Å²) in [6.45, 7) is 0. The van der Waals surface area contributed by atoms with Crippen LogP contribution in [0.4, 0.5) is 0 Å². The van der Waals surface area contributed by atoms with Crippen molar-refractivity contribution in [1.82, 2.24) is 0 Å². The van der Waals surface area contributed by atoms with E-state index in [1.54, 1.807) is 0 Å². The summed E-state index contributed by atoms with van der Waals surface area (Å²) in [5.74, 6) is 0. The Labute approximate surface area is 58.1 Å². The number of hydrogen-bond acceptors (Lipinski definition) is 2. The van der Waals surface area contributed by atoms with Gasteiger partial charge in [0.25, 0.3) is 0 Å². The molecule has 1 aliphatic heterocycles.